The summed E-state index contributed by atoms with van der Waals surface area (Å²) in [4.78, 5) is 25.6. The van der Waals surface area contributed by atoms with Crippen LogP contribution in [0.25, 0.3) is 0 Å². The van der Waals surface area contributed by atoms with Gasteiger partial charge in [-0.1, -0.05) is 0 Å². The van der Waals surface area contributed by atoms with Crippen molar-refractivity contribution in [3.05, 3.63) is 21.4 Å². The summed E-state index contributed by atoms with van der Waals surface area (Å²) in [5.41, 5.74) is 1.17. The van der Waals surface area contributed by atoms with E-state index in [0.29, 0.717) is 13.0 Å². The van der Waals surface area contributed by atoms with Gasteiger partial charge in [0, 0.05) is 22.7 Å². The van der Waals surface area contributed by atoms with Crippen molar-refractivity contribution in [3.8, 4) is 0 Å². The minimum absolute atomic E-state index is 0.00171. The minimum Gasteiger partial charge on any atom is -0.355 e. The van der Waals surface area contributed by atoms with Gasteiger partial charge in [-0.15, -0.1) is 11.3 Å². The van der Waals surface area contributed by atoms with Crippen molar-refractivity contribution in [1.29, 1.82) is 0 Å². The summed E-state index contributed by atoms with van der Waals surface area (Å²) < 4.78 is 0. The zero-order valence-electron chi connectivity index (χ0n) is 10.9. The van der Waals surface area contributed by atoms with Crippen LogP contribution in [0.3, 0.4) is 0 Å². The van der Waals surface area contributed by atoms with Crippen LogP contribution in [-0.4, -0.2) is 18.4 Å². The smallest absolute Gasteiger partial charge is 0.225 e. The molecular weight excluding hydrogens is 248 g/mol. The Bertz CT molecular complexity index is 481. The second-order valence-electron chi connectivity index (χ2n) is 4.80. The lowest BCUT2D eigenvalue weighted by Gasteiger charge is -2.16. The van der Waals surface area contributed by atoms with Gasteiger partial charge in [-0.2, -0.15) is 0 Å². The predicted octanol–water partition coefficient (Wildman–Crippen LogP) is 1.68. The Morgan fingerprint density at radius 3 is 2.78 bits per heavy atom. The van der Waals surface area contributed by atoms with E-state index in [9.17, 15) is 9.59 Å². The molecule has 0 bridgehead atoms. The molecule has 0 aromatic carbocycles. The third-order valence-corrected chi connectivity index (χ3v) is 4.23. The zero-order valence-corrected chi connectivity index (χ0v) is 11.7. The Morgan fingerprint density at radius 1 is 1.56 bits per heavy atom. The third kappa shape index (κ3) is 2.72. The molecule has 5 heteroatoms. The normalized spacial score (nSPS) is 20.6. The summed E-state index contributed by atoms with van der Waals surface area (Å²) in [6.07, 6.45) is 0.306. The van der Waals surface area contributed by atoms with Gasteiger partial charge in [-0.05, 0) is 32.4 Å². The first kappa shape index (κ1) is 13.1. The lowest BCUT2D eigenvalue weighted by molar-refractivity contribution is -0.127. The van der Waals surface area contributed by atoms with Crippen LogP contribution >= 0.6 is 11.3 Å². The summed E-state index contributed by atoms with van der Waals surface area (Å²) in [7, 11) is 0. The van der Waals surface area contributed by atoms with Crippen LogP contribution in [0.15, 0.2) is 6.07 Å². The molecule has 2 heterocycles. The topological polar surface area (TPSA) is 58.2 Å². The molecule has 2 rings (SSSR count). The average Bonchev–Trinajstić information content (AvgIpc) is 2.84. The van der Waals surface area contributed by atoms with E-state index in [0.717, 1.165) is 0 Å². The molecule has 1 aliphatic rings. The number of hydrogen-bond donors (Lipinski definition) is 2. The van der Waals surface area contributed by atoms with Gasteiger partial charge in [0.05, 0.1) is 12.0 Å². The number of thiophene rings is 1. The summed E-state index contributed by atoms with van der Waals surface area (Å²) in [6, 6.07) is 2.11. The van der Waals surface area contributed by atoms with E-state index in [2.05, 4.69) is 30.5 Å². The molecule has 98 valence electrons. The molecule has 1 saturated heterocycles. The third-order valence-electron chi connectivity index (χ3n) is 3.25. The van der Waals surface area contributed by atoms with Crippen LogP contribution in [0.4, 0.5) is 0 Å². The molecule has 1 aromatic rings. The maximum absolute atomic E-state index is 12.0. The summed E-state index contributed by atoms with van der Waals surface area (Å²) in [6.45, 7) is 6.57. The van der Waals surface area contributed by atoms with Gasteiger partial charge in [-0.25, -0.2) is 0 Å². The van der Waals surface area contributed by atoms with Crippen molar-refractivity contribution >= 4 is 23.2 Å². The molecule has 18 heavy (non-hydrogen) atoms. The Kier molecular flexibility index (Phi) is 3.71. The van der Waals surface area contributed by atoms with E-state index in [1.165, 1.54) is 15.3 Å². The van der Waals surface area contributed by atoms with Crippen LogP contribution in [0.1, 0.15) is 34.7 Å². The number of amides is 2. The van der Waals surface area contributed by atoms with E-state index in [-0.39, 0.29) is 23.8 Å². The molecule has 1 fully saturated rings. The molecule has 2 N–H and O–H groups in total. The van der Waals surface area contributed by atoms with Gasteiger partial charge in [0.25, 0.3) is 0 Å². The lowest BCUT2D eigenvalue weighted by atomic mass is 10.1. The maximum Gasteiger partial charge on any atom is 0.225 e. The van der Waals surface area contributed by atoms with Gasteiger partial charge in [0.2, 0.25) is 11.8 Å². The van der Waals surface area contributed by atoms with Gasteiger partial charge in [0.1, 0.15) is 0 Å². The maximum atomic E-state index is 12.0. The van der Waals surface area contributed by atoms with E-state index in [1.54, 1.807) is 11.3 Å². The number of nitrogens with one attached hydrogen (secondary N) is 2. The first-order valence-corrected chi connectivity index (χ1v) is 6.93. The Labute approximate surface area is 111 Å². The fourth-order valence-corrected chi connectivity index (χ4v) is 3.30. The highest BCUT2D eigenvalue weighted by Gasteiger charge is 2.29. The second kappa shape index (κ2) is 5.10. The van der Waals surface area contributed by atoms with Crippen molar-refractivity contribution < 1.29 is 9.59 Å². The first-order chi connectivity index (χ1) is 8.47. The fourth-order valence-electron chi connectivity index (χ4n) is 2.28. The van der Waals surface area contributed by atoms with Crippen molar-refractivity contribution in [3.63, 3.8) is 0 Å². The highest BCUT2D eigenvalue weighted by molar-refractivity contribution is 7.12. The summed E-state index contributed by atoms with van der Waals surface area (Å²) >= 11 is 1.74. The number of carbonyl (C=O) groups excluding carboxylic acids is 2. The van der Waals surface area contributed by atoms with Crippen molar-refractivity contribution in [2.45, 2.75) is 33.2 Å². The van der Waals surface area contributed by atoms with Crippen LogP contribution < -0.4 is 10.6 Å². The summed E-state index contributed by atoms with van der Waals surface area (Å²) in [5.74, 6) is -0.297. The first-order valence-electron chi connectivity index (χ1n) is 6.11. The standard InChI is InChI=1S/C13H18N2O2S/c1-7-4-11(9(3)18-7)8(2)15-13(17)10-5-12(16)14-6-10/h4,8,10H,5-6H2,1-3H3,(H,14,16)(H,15,17). The van der Waals surface area contributed by atoms with Crippen molar-refractivity contribution in [1.82, 2.24) is 10.6 Å². The number of carbonyl (C=O) groups is 2. The average molecular weight is 266 g/mol. The number of aryl methyl sites for hydroxylation is 2. The Hall–Kier alpha value is -1.36. The van der Waals surface area contributed by atoms with E-state index >= 15 is 0 Å². The largest absolute Gasteiger partial charge is 0.355 e. The lowest BCUT2D eigenvalue weighted by Crippen LogP contribution is -2.33. The van der Waals surface area contributed by atoms with Crippen LogP contribution in [-0.2, 0) is 9.59 Å². The molecule has 1 aromatic heterocycles. The molecule has 0 saturated carbocycles. The van der Waals surface area contributed by atoms with Gasteiger partial charge in [0.15, 0.2) is 0 Å². The predicted molar refractivity (Wildman–Crippen MR) is 71.5 cm³/mol. The molecule has 0 spiro atoms. The van der Waals surface area contributed by atoms with Crippen LogP contribution in [0.2, 0.25) is 0 Å². The van der Waals surface area contributed by atoms with E-state index in [1.807, 2.05) is 6.92 Å². The molecule has 0 radical (unpaired) electrons. The van der Waals surface area contributed by atoms with E-state index < -0.39 is 0 Å². The summed E-state index contributed by atoms with van der Waals surface area (Å²) in [5, 5.41) is 5.67. The molecule has 1 aliphatic heterocycles. The van der Waals surface area contributed by atoms with Crippen LogP contribution in [0, 0.1) is 19.8 Å². The molecule has 2 amide bonds. The SMILES string of the molecule is Cc1cc(C(C)NC(=O)C2CNC(=O)C2)c(C)s1. The Morgan fingerprint density at radius 2 is 2.28 bits per heavy atom. The zero-order chi connectivity index (χ0) is 13.3. The molecular formula is C13H18N2O2S. The second-order valence-corrected chi connectivity index (χ2v) is 6.26. The monoisotopic (exact) mass is 266 g/mol. The highest BCUT2D eigenvalue weighted by Crippen LogP contribution is 2.26. The van der Waals surface area contributed by atoms with Crippen molar-refractivity contribution in [2.24, 2.45) is 5.92 Å². The quantitative estimate of drug-likeness (QED) is 0.874. The van der Waals surface area contributed by atoms with Crippen LogP contribution in [0.5, 0.6) is 0 Å². The van der Waals surface area contributed by atoms with Gasteiger partial charge < -0.3 is 10.6 Å². The van der Waals surface area contributed by atoms with E-state index in [4.69, 9.17) is 0 Å². The Balaban J connectivity index is 1.99. The molecule has 0 aliphatic carbocycles. The number of rotatable bonds is 3. The number of hydrogen-bond acceptors (Lipinski definition) is 3. The molecule has 2 unspecified atom stereocenters. The molecule has 4 nitrogen and oxygen atoms in total. The highest BCUT2D eigenvalue weighted by atomic mass is 32.1. The van der Waals surface area contributed by atoms with Crippen molar-refractivity contribution in [2.75, 3.05) is 6.54 Å². The van der Waals surface area contributed by atoms with Gasteiger partial charge >= 0.3 is 0 Å². The molecule has 2 atom stereocenters. The minimum atomic E-state index is -0.222. The van der Waals surface area contributed by atoms with Gasteiger partial charge in [-0.3, -0.25) is 9.59 Å². The fraction of sp³-hybridized carbons (Fsp3) is 0.538.